The second-order valence-electron chi connectivity index (χ2n) is 5.58. The second kappa shape index (κ2) is 7.53. The molecule has 0 bridgehead atoms. The Hall–Kier alpha value is -3.27. The van der Waals surface area contributed by atoms with Gasteiger partial charge in [-0.25, -0.2) is 0 Å². The van der Waals surface area contributed by atoms with Crippen LogP contribution in [-0.4, -0.2) is 13.0 Å². The second-order valence-corrected chi connectivity index (χ2v) is 5.58. The molecule has 4 heteroatoms. The van der Waals surface area contributed by atoms with Gasteiger partial charge in [-0.15, -0.1) is 0 Å². The number of carbonyl (C=O) groups is 1. The Morgan fingerprint density at radius 1 is 0.880 bits per heavy atom. The summed E-state index contributed by atoms with van der Waals surface area (Å²) in [5, 5.41) is 2.88. The highest BCUT2D eigenvalue weighted by atomic mass is 16.5. The lowest BCUT2D eigenvalue weighted by Gasteiger charge is -2.09. The Labute approximate surface area is 147 Å². The van der Waals surface area contributed by atoms with Crippen LogP contribution in [0.1, 0.15) is 15.9 Å². The summed E-state index contributed by atoms with van der Waals surface area (Å²) in [6.45, 7) is 1.91. The highest BCUT2D eigenvalue weighted by molar-refractivity contribution is 6.04. The fourth-order valence-corrected chi connectivity index (χ4v) is 2.45. The average Bonchev–Trinajstić information content (AvgIpc) is 2.64. The van der Waals surface area contributed by atoms with Crippen LogP contribution in [0.25, 0.3) is 0 Å². The highest BCUT2D eigenvalue weighted by Gasteiger charge is 2.08. The smallest absolute Gasteiger partial charge is 0.255 e. The first-order chi connectivity index (χ1) is 12.2. The SMILES string of the molecule is COc1ccc(C(=O)Nc2ccc(Oc3ccccc3)cc2)cc1C. The van der Waals surface area contributed by atoms with Gasteiger partial charge in [0, 0.05) is 11.3 Å². The predicted octanol–water partition coefficient (Wildman–Crippen LogP) is 5.05. The van der Waals surface area contributed by atoms with E-state index in [1.165, 1.54) is 0 Å². The molecule has 0 unspecified atom stereocenters. The number of rotatable bonds is 5. The van der Waals surface area contributed by atoms with Crippen molar-refractivity contribution < 1.29 is 14.3 Å². The summed E-state index contributed by atoms with van der Waals surface area (Å²) in [6, 6.07) is 22.2. The number of benzene rings is 3. The number of methoxy groups -OCH3 is 1. The van der Waals surface area contributed by atoms with Gasteiger partial charge < -0.3 is 14.8 Å². The molecule has 0 heterocycles. The van der Waals surface area contributed by atoms with Crippen LogP contribution in [0.5, 0.6) is 17.2 Å². The van der Waals surface area contributed by atoms with Crippen molar-refractivity contribution in [2.24, 2.45) is 0 Å². The van der Waals surface area contributed by atoms with Crippen molar-refractivity contribution in [3.05, 3.63) is 83.9 Å². The average molecular weight is 333 g/mol. The van der Waals surface area contributed by atoms with E-state index in [0.29, 0.717) is 17.0 Å². The van der Waals surface area contributed by atoms with Crippen LogP contribution < -0.4 is 14.8 Å². The number of anilines is 1. The molecule has 0 saturated carbocycles. The van der Waals surface area contributed by atoms with Crippen LogP contribution in [0.3, 0.4) is 0 Å². The normalized spacial score (nSPS) is 10.2. The van der Waals surface area contributed by atoms with E-state index in [2.05, 4.69) is 5.32 Å². The van der Waals surface area contributed by atoms with E-state index in [9.17, 15) is 4.79 Å². The molecule has 0 fully saturated rings. The molecule has 4 nitrogen and oxygen atoms in total. The van der Waals surface area contributed by atoms with E-state index >= 15 is 0 Å². The van der Waals surface area contributed by atoms with Gasteiger partial charge in [0.05, 0.1) is 7.11 Å². The Morgan fingerprint density at radius 3 is 2.20 bits per heavy atom. The lowest BCUT2D eigenvalue weighted by atomic mass is 10.1. The third-order valence-electron chi connectivity index (χ3n) is 3.75. The number of amides is 1. The monoisotopic (exact) mass is 333 g/mol. The van der Waals surface area contributed by atoms with E-state index in [-0.39, 0.29) is 5.91 Å². The number of hydrogen-bond donors (Lipinski definition) is 1. The van der Waals surface area contributed by atoms with E-state index in [1.54, 1.807) is 25.3 Å². The number of nitrogens with one attached hydrogen (secondary N) is 1. The van der Waals surface area contributed by atoms with Crippen LogP contribution in [0.15, 0.2) is 72.8 Å². The van der Waals surface area contributed by atoms with Gasteiger partial charge in [-0.05, 0) is 67.1 Å². The fraction of sp³-hybridized carbons (Fsp3) is 0.0952. The summed E-state index contributed by atoms with van der Waals surface area (Å²) in [6.07, 6.45) is 0. The molecule has 0 aliphatic heterocycles. The number of hydrogen-bond acceptors (Lipinski definition) is 3. The Balaban J connectivity index is 1.66. The molecule has 0 spiro atoms. The molecular weight excluding hydrogens is 314 g/mol. The Morgan fingerprint density at radius 2 is 1.56 bits per heavy atom. The molecule has 25 heavy (non-hydrogen) atoms. The maximum atomic E-state index is 12.4. The van der Waals surface area contributed by atoms with Crippen LogP contribution in [0.4, 0.5) is 5.69 Å². The highest BCUT2D eigenvalue weighted by Crippen LogP contribution is 2.23. The van der Waals surface area contributed by atoms with Gasteiger partial charge in [0.2, 0.25) is 0 Å². The Kier molecular flexibility index (Phi) is 5.00. The van der Waals surface area contributed by atoms with Crippen LogP contribution >= 0.6 is 0 Å². The largest absolute Gasteiger partial charge is 0.496 e. The summed E-state index contributed by atoms with van der Waals surface area (Å²) in [5.74, 6) is 2.08. The number of carbonyl (C=O) groups excluding carboxylic acids is 1. The van der Waals surface area contributed by atoms with Crippen molar-refractivity contribution in [2.75, 3.05) is 12.4 Å². The van der Waals surface area contributed by atoms with Crippen LogP contribution in [0, 0.1) is 6.92 Å². The number of aryl methyl sites for hydroxylation is 1. The van der Waals surface area contributed by atoms with Crippen molar-refractivity contribution in [3.8, 4) is 17.2 Å². The molecule has 1 N–H and O–H groups in total. The summed E-state index contributed by atoms with van der Waals surface area (Å²) >= 11 is 0. The summed E-state index contributed by atoms with van der Waals surface area (Å²) in [7, 11) is 1.61. The van der Waals surface area contributed by atoms with E-state index in [1.807, 2.05) is 61.5 Å². The molecule has 0 atom stereocenters. The van der Waals surface area contributed by atoms with Gasteiger partial charge in [0.15, 0.2) is 0 Å². The topological polar surface area (TPSA) is 47.6 Å². The van der Waals surface area contributed by atoms with Gasteiger partial charge in [-0.2, -0.15) is 0 Å². The zero-order valence-corrected chi connectivity index (χ0v) is 14.2. The predicted molar refractivity (Wildman–Crippen MR) is 98.6 cm³/mol. The maximum Gasteiger partial charge on any atom is 0.255 e. The third kappa shape index (κ3) is 4.18. The quantitative estimate of drug-likeness (QED) is 0.711. The van der Waals surface area contributed by atoms with E-state index in [0.717, 1.165) is 17.1 Å². The first kappa shape index (κ1) is 16.6. The van der Waals surface area contributed by atoms with Crippen molar-refractivity contribution in [3.63, 3.8) is 0 Å². The van der Waals surface area contributed by atoms with Gasteiger partial charge in [0.1, 0.15) is 17.2 Å². The molecule has 0 radical (unpaired) electrons. The lowest BCUT2D eigenvalue weighted by Crippen LogP contribution is -2.12. The minimum absolute atomic E-state index is 0.164. The molecule has 0 aromatic heterocycles. The lowest BCUT2D eigenvalue weighted by molar-refractivity contribution is 0.102. The van der Waals surface area contributed by atoms with Crippen LogP contribution in [0.2, 0.25) is 0 Å². The number of ether oxygens (including phenoxy) is 2. The number of para-hydroxylation sites is 1. The van der Waals surface area contributed by atoms with E-state index < -0.39 is 0 Å². The molecule has 0 aliphatic rings. The van der Waals surface area contributed by atoms with Crippen molar-refractivity contribution in [2.45, 2.75) is 6.92 Å². The zero-order chi connectivity index (χ0) is 17.6. The minimum Gasteiger partial charge on any atom is -0.496 e. The standard InChI is InChI=1S/C21H19NO3/c1-15-14-16(8-13-20(15)24-2)21(23)22-17-9-11-19(12-10-17)25-18-6-4-3-5-7-18/h3-14H,1-2H3,(H,22,23). The first-order valence-electron chi connectivity index (χ1n) is 7.94. The molecule has 0 aliphatic carbocycles. The zero-order valence-electron chi connectivity index (χ0n) is 14.2. The molecular formula is C21H19NO3. The van der Waals surface area contributed by atoms with Crippen molar-refractivity contribution in [1.29, 1.82) is 0 Å². The first-order valence-corrected chi connectivity index (χ1v) is 7.94. The third-order valence-corrected chi connectivity index (χ3v) is 3.75. The van der Waals surface area contributed by atoms with Gasteiger partial charge in [0.25, 0.3) is 5.91 Å². The van der Waals surface area contributed by atoms with Gasteiger partial charge in [-0.3, -0.25) is 4.79 Å². The van der Waals surface area contributed by atoms with Gasteiger partial charge >= 0.3 is 0 Å². The van der Waals surface area contributed by atoms with Crippen molar-refractivity contribution in [1.82, 2.24) is 0 Å². The Bertz CT molecular complexity index is 858. The molecule has 0 saturated heterocycles. The fourth-order valence-electron chi connectivity index (χ4n) is 2.45. The summed E-state index contributed by atoms with van der Waals surface area (Å²) < 4.78 is 11.0. The molecule has 1 amide bonds. The van der Waals surface area contributed by atoms with Gasteiger partial charge in [-0.1, -0.05) is 18.2 Å². The van der Waals surface area contributed by atoms with Crippen LogP contribution in [-0.2, 0) is 0 Å². The molecule has 3 aromatic carbocycles. The molecule has 126 valence electrons. The summed E-state index contributed by atoms with van der Waals surface area (Å²) in [5.41, 5.74) is 2.21. The summed E-state index contributed by atoms with van der Waals surface area (Å²) in [4.78, 5) is 12.4. The van der Waals surface area contributed by atoms with E-state index in [4.69, 9.17) is 9.47 Å². The molecule has 3 rings (SSSR count). The minimum atomic E-state index is -0.164. The maximum absolute atomic E-state index is 12.4. The molecule has 3 aromatic rings. The van der Waals surface area contributed by atoms with Crippen molar-refractivity contribution >= 4 is 11.6 Å².